The molecule has 306 valence electrons. The average Bonchev–Trinajstić information content (AvgIpc) is 3.11. The fraction of sp³-hybridized carbons (Fsp3) is 0.744. The molecule has 1 rings (SSSR count). The van der Waals surface area contributed by atoms with Gasteiger partial charge in [-0.2, -0.15) is 0 Å². The molecule has 1 N–H and O–H groups in total. The second-order valence-electron chi connectivity index (χ2n) is 16.9. The first-order chi connectivity index (χ1) is 24.8. The van der Waals surface area contributed by atoms with Gasteiger partial charge < -0.3 is 32.9 Å². The molecule has 10 atom stereocenters. The zero-order chi connectivity index (χ0) is 40.7. The molecule has 0 aromatic heterocycles. The van der Waals surface area contributed by atoms with E-state index in [1.807, 2.05) is 36.4 Å². The van der Waals surface area contributed by atoms with Crippen LogP contribution in [0.15, 0.2) is 55.6 Å². The van der Waals surface area contributed by atoms with Crippen LogP contribution in [0.25, 0.3) is 0 Å². The lowest BCUT2D eigenvalue weighted by Gasteiger charge is -2.49. The van der Waals surface area contributed by atoms with Gasteiger partial charge >= 0.3 is 5.97 Å². The highest BCUT2D eigenvalue weighted by Crippen LogP contribution is 2.45. The Balaban J connectivity index is 3.54. The summed E-state index contributed by atoms with van der Waals surface area (Å²) in [4.78, 5) is 14.1. The van der Waals surface area contributed by atoms with Crippen LogP contribution in [-0.4, -0.2) is 85.7 Å². The molecular weight excluding hydrogens is 701 g/mol. The smallest absolute Gasteiger partial charge is 0.312 e. The summed E-state index contributed by atoms with van der Waals surface area (Å²) < 4.78 is 38.1. The van der Waals surface area contributed by atoms with Gasteiger partial charge in [0, 0.05) is 27.2 Å². The van der Waals surface area contributed by atoms with Gasteiger partial charge in [0.25, 0.3) is 0 Å². The third kappa shape index (κ3) is 14.1. The first-order valence-electron chi connectivity index (χ1n) is 19.9. The predicted molar refractivity (Wildman–Crippen MR) is 224 cm³/mol. The first-order valence-corrected chi connectivity index (χ1v) is 25.4. The molecule has 0 aliphatic carbocycles. The van der Waals surface area contributed by atoms with Gasteiger partial charge in [0.15, 0.2) is 8.32 Å². The molecule has 0 saturated heterocycles. The Hall–Kier alpha value is -1.64. The monoisotopic (exact) mass is 779 g/mol. The van der Waals surface area contributed by atoms with Crippen molar-refractivity contribution in [2.45, 2.75) is 167 Å². The molecule has 8 nitrogen and oxygen atoms in total. The maximum atomic E-state index is 14.1. The van der Waals surface area contributed by atoms with E-state index in [-0.39, 0.29) is 30.1 Å². The van der Waals surface area contributed by atoms with Crippen molar-refractivity contribution in [3.63, 3.8) is 0 Å². The highest BCUT2D eigenvalue weighted by molar-refractivity contribution is 6.77. The van der Waals surface area contributed by atoms with E-state index in [1.165, 1.54) is 0 Å². The van der Waals surface area contributed by atoms with Crippen LogP contribution in [0.5, 0.6) is 0 Å². The molecule has 0 radical (unpaired) electrons. The Morgan fingerprint density at radius 1 is 0.736 bits per heavy atom. The molecule has 0 aliphatic rings. The SMILES string of the molecule is C=C[C@H](C)[C@H](O[Si](C)(C)C)[C@@H](C)[C@H](O[Si](C(C)C)(C(C)C)C(C)C)[C@@H](OC)C(O)C(C)C(=O)O[C@@H](CCCC[C@H](OC)[C@@H](C=C)OC)c1ccccc1. The maximum Gasteiger partial charge on any atom is 0.312 e. The third-order valence-electron chi connectivity index (χ3n) is 11.1. The summed E-state index contributed by atoms with van der Waals surface area (Å²) >= 11 is 0. The van der Waals surface area contributed by atoms with Gasteiger partial charge in [-0.3, -0.25) is 4.79 Å². The summed E-state index contributed by atoms with van der Waals surface area (Å²) in [5.74, 6) is -1.53. The molecule has 0 heterocycles. The highest BCUT2D eigenvalue weighted by atomic mass is 28.4. The summed E-state index contributed by atoms with van der Waals surface area (Å²) in [6.07, 6.45) is 3.17. The number of rotatable bonds is 27. The van der Waals surface area contributed by atoms with Gasteiger partial charge in [-0.25, -0.2) is 0 Å². The van der Waals surface area contributed by atoms with Crippen LogP contribution in [0.2, 0.25) is 36.3 Å². The Morgan fingerprint density at radius 3 is 1.72 bits per heavy atom. The number of ether oxygens (including phenoxy) is 4. The van der Waals surface area contributed by atoms with Gasteiger partial charge in [-0.05, 0) is 73.9 Å². The fourth-order valence-electron chi connectivity index (χ4n) is 8.13. The molecule has 0 spiro atoms. The quantitative estimate of drug-likeness (QED) is 0.0409. The number of esters is 1. The predicted octanol–water partition coefficient (Wildman–Crippen LogP) is 10.3. The minimum Gasteiger partial charge on any atom is -0.457 e. The number of carbonyl (C=O) groups excluding carboxylic acids is 1. The topological polar surface area (TPSA) is 92.7 Å². The average molecular weight is 779 g/mol. The van der Waals surface area contributed by atoms with Crippen LogP contribution in [0, 0.1) is 17.8 Å². The largest absolute Gasteiger partial charge is 0.457 e. The second-order valence-corrected chi connectivity index (χ2v) is 26.7. The highest BCUT2D eigenvalue weighted by Gasteiger charge is 2.52. The van der Waals surface area contributed by atoms with Crippen LogP contribution in [-0.2, 0) is 32.6 Å². The van der Waals surface area contributed by atoms with Crippen molar-refractivity contribution >= 4 is 22.6 Å². The molecule has 1 aromatic carbocycles. The van der Waals surface area contributed by atoms with Gasteiger partial charge in [-0.1, -0.05) is 104 Å². The molecule has 10 heteroatoms. The first kappa shape index (κ1) is 49.4. The van der Waals surface area contributed by atoms with Crippen molar-refractivity contribution in [1.29, 1.82) is 0 Å². The Kier molecular flexibility index (Phi) is 21.8. The lowest BCUT2D eigenvalue weighted by molar-refractivity contribution is -0.168. The van der Waals surface area contributed by atoms with E-state index in [2.05, 4.69) is 88.2 Å². The van der Waals surface area contributed by atoms with E-state index in [9.17, 15) is 9.90 Å². The molecule has 53 heavy (non-hydrogen) atoms. The lowest BCUT2D eigenvalue weighted by atomic mass is 9.83. The lowest BCUT2D eigenvalue weighted by Crippen LogP contribution is -2.59. The van der Waals surface area contributed by atoms with E-state index in [0.29, 0.717) is 23.0 Å². The Bertz CT molecular complexity index is 1160. The summed E-state index contributed by atoms with van der Waals surface area (Å²) in [5, 5.41) is 12.2. The van der Waals surface area contributed by atoms with Crippen LogP contribution >= 0.6 is 0 Å². The number of carbonyl (C=O) groups is 1. The van der Waals surface area contributed by atoms with Crippen molar-refractivity contribution in [1.82, 2.24) is 0 Å². The number of hydrogen-bond donors (Lipinski definition) is 1. The number of aliphatic hydroxyl groups excluding tert-OH is 1. The minimum atomic E-state index is -2.50. The Labute approximate surface area is 326 Å². The number of hydrogen-bond acceptors (Lipinski definition) is 8. The molecule has 0 bridgehead atoms. The zero-order valence-electron chi connectivity index (χ0n) is 36.1. The summed E-state index contributed by atoms with van der Waals surface area (Å²) in [5.41, 5.74) is 1.80. The van der Waals surface area contributed by atoms with Gasteiger partial charge in [0.1, 0.15) is 18.3 Å². The molecule has 0 amide bonds. The molecule has 0 saturated carbocycles. The Morgan fingerprint density at radius 2 is 1.28 bits per heavy atom. The molecular formula is C43H78O8Si2. The zero-order valence-corrected chi connectivity index (χ0v) is 38.1. The van der Waals surface area contributed by atoms with Crippen LogP contribution in [0.1, 0.15) is 99.7 Å². The number of aliphatic hydroxyl groups is 1. The maximum absolute atomic E-state index is 14.1. The second kappa shape index (κ2) is 23.4. The fourth-order valence-corrected chi connectivity index (χ4v) is 15.0. The van der Waals surface area contributed by atoms with E-state index in [0.717, 1.165) is 24.8 Å². The summed E-state index contributed by atoms with van der Waals surface area (Å²) in [7, 11) is 0.421. The van der Waals surface area contributed by atoms with Gasteiger partial charge in [0.2, 0.25) is 8.32 Å². The van der Waals surface area contributed by atoms with E-state index < -0.39 is 52.9 Å². The van der Waals surface area contributed by atoms with E-state index >= 15 is 0 Å². The van der Waals surface area contributed by atoms with Crippen LogP contribution < -0.4 is 0 Å². The number of methoxy groups -OCH3 is 3. The molecule has 0 fully saturated rings. The van der Waals surface area contributed by atoms with Crippen molar-refractivity contribution in [2.24, 2.45) is 17.8 Å². The van der Waals surface area contributed by atoms with Crippen molar-refractivity contribution in [3.8, 4) is 0 Å². The van der Waals surface area contributed by atoms with Crippen molar-refractivity contribution < 1.29 is 37.7 Å². The van der Waals surface area contributed by atoms with Crippen molar-refractivity contribution in [3.05, 3.63) is 61.2 Å². The standard InChI is InChI=1S/C43H78O8Si2/c1-18-32(9)40(50-52(15,16)17)34(11)41(51-53(29(3)4,30(5)6)31(7)8)42(48-14)39(44)33(10)43(45)49-37(35-25-21-20-22-26-35)27-23-24-28-38(47-13)36(19-2)46-12/h18-22,25-26,29-34,36-42,44H,1-2,23-24,27-28H2,3-17H3/t32-,33?,34+,36+,37-,38-,39?,40-,41-,42-/m0/s1. The molecule has 1 aromatic rings. The summed E-state index contributed by atoms with van der Waals surface area (Å²) in [6, 6.07) is 9.80. The van der Waals surface area contributed by atoms with Gasteiger partial charge in [-0.15, -0.1) is 13.2 Å². The van der Waals surface area contributed by atoms with E-state index in [1.54, 1.807) is 34.3 Å². The number of unbranched alkanes of at least 4 members (excludes halogenated alkanes) is 1. The van der Waals surface area contributed by atoms with E-state index in [4.69, 9.17) is 27.8 Å². The summed E-state index contributed by atoms with van der Waals surface area (Å²) in [6.45, 7) is 34.0. The van der Waals surface area contributed by atoms with Crippen LogP contribution in [0.4, 0.5) is 0 Å². The minimum absolute atomic E-state index is 0.0241. The molecule has 2 unspecified atom stereocenters. The molecule has 0 aliphatic heterocycles. The van der Waals surface area contributed by atoms with Crippen LogP contribution in [0.3, 0.4) is 0 Å². The van der Waals surface area contributed by atoms with Gasteiger partial charge in [0.05, 0.1) is 30.3 Å². The van der Waals surface area contributed by atoms with Crippen molar-refractivity contribution in [2.75, 3.05) is 21.3 Å². The third-order valence-corrected chi connectivity index (χ3v) is 18.2. The normalized spacial score (nSPS) is 18.5. The number of benzene rings is 1.